The van der Waals surface area contributed by atoms with Crippen molar-refractivity contribution in [3.05, 3.63) is 22.4 Å². The number of amides is 1. The van der Waals surface area contributed by atoms with Crippen LogP contribution in [0.4, 0.5) is 0 Å². The second-order valence-electron chi connectivity index (χ2n) is 5.93. The summed E-state index contributed by atoms with van der Waals surface area (Å²) in [7, 11) is 0. The highest BCUT2D eigenvalue weighted by molar-refractivity contribution is 7.10. The van der Waals surface area contributed by atoms with E-state index in [2.05, 4.69) is 35.9 Å². The summed E-state index contributed by atoms with van der Waals surface area (Å²) in [4.78, 5) is 13.8. The number of hydrogen-bond acceptors (Lipinski definition) is 3. The van der Waals surface area contributed by atoms with Crippen molar-refractivity contribution < 1.29 is 4.79 Å². The fraction of sp³-hybridized carbons (Fsp3) is 0.667. The van der Waals surface area contributed by atoms with Crippen molar-refractivity contribution in [3.8, 4) is 0 Å². The van der Waals surface area contributed by atoms with Gasteiger partial charge in [0.1, 0.15) is 0 Å². The second kappa shape index (κ2) is 6.06. The Morgan fingerprint density at radius 3 is 2.79 bits per heavy atom. The van der Waals surface area contributed by atoms with Crippen molar-refractivity contribution in [1.29, 1.82) is 0 Å². The van der Waals surface area contributed by atoms with Gasteiger partial charge in [0.05, 0.1) is 11.6 Å². The van der Waals surface area contributed by atoms with E-state index < -0.39 is 5.54 Å². The summed E-state index contributed by atoms with van der Waals surface area (Å²) in [6.07, 6.45) is 3.22. The number of carbonyl (C=O) groups excluding carboxylic acids is 1. The van der Waals surface area contributed by atoms with E-state index in [9.17, 15) is 4.79 Å². The highest BCUT2D eigenvalue weighted by Crippen LogP contribution is 2.27. The number of thiophene rings is 1. The van der Waals surface area contributed by atoms with E-state index >= 15 is 0 Å². The van der Waals surface area contributed by atoms with Crippen LogP contribution in [-0.4, -0.2) is 18.0 Å². The Bertz CT molecular complexity index is 408. The SMILES string of the molecule is CC(C)C(NC(=O)C1(C)CCCCN1)c1cccs1. The third kappa shape index (κ3) is 3.37. The molecule has 0 bridgehead atoms. The van der Waals surface area contributed by atoms with Crippen LogP contribution >= 0.6 is 11.3 Å². The van der Waals surface area contributed by atoms with Gasteiger partial charge in [0.2, 0.25) is 5.91 Å². The third-order valence-corrected chi connectivity index (χ3v) is 4.88. The predicted octanol–water partition coefficient (Wildman–Crippen LogP) is 3.09. The summed E-state index contributed by atoms with van der Waals surface area (Å²) >= 11 is 1.71. The second-order valence-corrected chi connectivity index (χ2v) is 6.91. The largest absolute Gasteiger partial charge is 0.347 e. The molecule has 106 valence electrons. The van der Waals surface area contributed by atoms with Crippen molar-refractivity contribution in [1.82, 2.24) is 10.6 Å². The predicted molar refractivity (Wildman–Crippen MR) is 80.3 cm³/mol. The van der Waals surface area contributed by atoms with Gasteiger partial charge < -0.3 is 10.6 Å². The van der Waals surface area contributed by atoms with Crippen molar-refractivity contribution in [2.45, 2.75) is 51.6 Å². The molecule has 0 aliphatic carbocycles. The monoisotopic (exact) mass is 280 g/mol. The molecule has 1 aliphatic rings. The molecule has 1 aromatic rings. The minimum atomic E-state index is -0.400. The topological polar surface area (TPSA) is 41.1 Å². The molecule has 2 unspecified atom stereocenters. The van der Waals surface area contributed by atoms with E-state index in [4.69, 9.17) is 0 Å². The zero-order chi connectivity index (χ0) is 13.9. The van der Waals surface area contributed by atoms with Gasteiger partial charge in [-0.1, -0.05) is 19.9 Å². The maximum atomic E-state index is 12.6. The Morgan fingerprint density at radius 1 is 1.47 bits per heavy atom. The Labute approximate surface area is 119 Å². The third-order valence-electron chi connectivity index (χ3n) is 3.92. The first-order chi connectivity index (χ1) is 9.03. The van der Waals surface area contributed by atoms with Gasteiger partial charge in [-0.05, 0) is 50.1 Å². The lowest BCUT2D eigenvalue weighted by Gasteiger charge is -2.35. The fourth-order valence-electron chi connectivity index (χ4n) is 2.59. The van der Waals surface area contributed by atoms with Gasteiger partial charge in [0.25, 0.3) is 0 Å². The average molecular weight is 280 g/mol. The molecule has 1 saturated heterocycles. The minimum Gasteiger partial charge on any atom is -0.347 e. The fourth-order valence-corrected chi connectivity index (χ4v) is 3.53. The van der Waals surface area contributed by atoms with E-state index in [1.807, 2.05) is 13.0 Å². The van der Waals surface area contributed by atoms with Crippen LogP contribution in [0.5, 0.6) is 0 Å². The quantitative estimate of drug-likeness (QED) is 0.890. The molecule has 0 radical (unpaired) electrons. The molecular weight excluding hydrogens is 256 g/mol. The van der Waals surface area contributed by atoms with Crippen LogP contribution in [0.1, 0.15) is 51.0 Å². The number of rotatable bonds is 4. The van der Waals surface area contributed by atoms with E-state index in [1.165, 1.54) is 11.3 Å². The Balaban J connectivity index is 2.07. The maximum Gasteiger partial charge on any atom is 0.240 e. The van der Waals surface area contributed by atoms with Gasteiger partial charge in [-0.25, -0.2) is 0 Å². The van der Waals surface area contributed by atoms with Crippen molar-refractivity contribution in [2.75, 3.05) is 6.54 Å². The number of piperidine rings is 1. The Morgan fingerprint density at radius 2 is 2.26 bits per heavy atom. The normalized spacial score (nSPS) is 25.3. The molecule has 3 nitrogen and oxygen atoms in total. The summed E-state index contributed by atoms with van der Waals surface area (Å²) < 4.78 is 0. The lowest BCUT2D eigenvalue weighted by atomic mass is 9.89. The molecule has 0 saturated carbocycles. The summed E-state index contributed by atoms with van der Waals surface area (Å²) in [5.74, 6) is 0.536. The lowest BCUT2D eigenvalue weighted by molar-refractivity contribution is -0.129. The summed E-state index contributed by atoms with van der Waals surface area (Å²) in [5.41, 5.74) is -0.400. The average Bonchev–Trinajstić information content (AvgIpc) is 2.89. The summed E-state index contributed by atoms with van der Waals surface area (Å²) in [6.45, 7) is 7.27. The van der Waals surface area contributed by atoms with Gasteiger partial charge >= 0.3 is 0 Å². The van der Waals surface area contributed by atoms with Crippen molar-refractivity contribution in [2.24, 2.45) is 5.92 Å². The minimum absolute atomic E-state index is 0.119. The zero-order valence-corrected chi connectivity index (χ0v) is 12.8. The van der Waals surface area contributed by atoms with Gasteiger partial charge in [0, 0.05) is 4.88 Å². The van der Waals surface area contributed by atoms with Crippen LogP contribution < -0.4 is 10.6 Å². The van der Waals surface area contributed by atoms with E-state index in [0.717, 1.165) is 19.4 Å². The van der Waals surface area contributed by atoms with E-state index in [-0.39, 0.29) is 11.9 Å². The molecule has 2 atom stereocenters. The van der Waals surface area contributed by atoms with Crippen LogP contribution in [0, 0.1) is 5.92 Å². The summed E-state index contributed by atoms with van der Waals surface area (Å²) in [6, 6.07) is 4.27. The first kappa shape index (κ1) is 14.5. The maximum absolute atomic E-state index is 12.6. The Hall–Kier alpha value is -0.870. The van der Waals surface area contributed by atoms with Crippen LogP contribution in [0.15, 0.2) is 17.5 Å². The molecule has 1 aliphatic heterocycles. The van der Waals surface area contributed by atoms with Crippen molar-refractivity contribution >= 4 is 17.2 Å². The standard InChI is InChI=1S/C15H24N2OS/c1-11(2)13(12-7-6-10-19-12)17-14(18)15(3)8-4-5-9-16-15/h6-7,10-11,13,16H,4-5,8-9H2,1-3H3,(H,17,18). The van der Waals surface area contributed by atoms with Gasteiger partial charge in [-0.2, -0.15) is 0 Å². The molecule has 4 heteroatoms. The number of nitrogens with one attached hydrogen (secondary N) is 2. The first-order valence-electron chi connectivity index (χ1n) is 7.12. The molecule has 2 N–H and O–H groups in total. The van der Waals surface area contributed by atoms with Crippen LogP contribution in [0.2, 0.25) is 0 Å². The summed E-state index contributed by atoms with van der Waals surface area (Å²) in [5, 5.41) is 8.68. The smallest absolute Gasteiger partial charge is 0.240 e. The van der Waals surface area contributed by atoms with Gasteiger partial charge in [0.15, 0.2) is 0 Å². The first-order valence-corrected chi connectivity index (χ1v) is 8.00. The van der Waals surface area contributed by atoms with Crippen molar-refractivity contribution in [3.63, 3.8) is 0 Å². The van der Waals surface area contributed by atoms with E-state index in [0.29, 0.717) is 5.92 Å². The molecule has 2 rings (SSSR count). The highest BCUT2D eigenvalue weighted by atomic mass is 32.1. The molecule has 2 heterocycles. The molecule has 1 amide bonds. The molecule has 1 fully saturated rings. The van der Waals surface area contributed by atoms with Gasteiger partial charge in [-0.3, -0.25) is 4.79 Å². The highest BCUT2D eigenvalue weighted by Gasteiger charge is 2.36. The molecular formula is C15H24N2OS. The lowest BCUT2D eigenvalue weighted by Crippen LogP contribution is -2.57. The zero-order valence-electron chi connectivity index (χ0n) is 12.0. The van der Waals surface area contributed by atoms with Crippen LogP contribution in [0.3, 0.4) is 0 Å². The number of carbonyl (C=O) groups is 1. The van der Waals surface area contributed by atoms with Crippen LogP contribution in [0.25, 0.3) is 0 Å². The van der Waals surface area contributed by atoms with E-state index in [1.54, 1.807) is 11.3 Å². The molecule has 0 aromatic carbocycles. The molecule has 0 spiro atoms. The van der Waals surface area contributed by atoms with Crippen LogP contribution in [-0.2, 0) is 4.79 Å². The molecule has 1 aromatic heterocycles. The Kier molecular flexibility index (Phi) is 4.63. The molecule has 19 heavy (non-hydrogen) atoms. The number of hydrogen-bond donors (Lipinski definition) is 2. The van der Waals surface area contributed by atoms with Gasteiger partial charge in [-0.15, -0.1) is 11.3 Å².